The van der Waals surface area contributed by atoms with Crippen molar-refractivity contribution in [2.24, 2.45) is 0 Å². The average Bonchev–Trinajstić information content (AvgIpc) is 3.30. The van der Waals surface area contributed by atoms with Gasteiger partial charge >= 0.3 is 12.3 Å². The van der Waals surface area contributed by atoms with E-state index in [0.29, 0.717) is 38.1 Å². The molecule has 3 aliphatic rings. The van der Waals surface area contributed by atoms with Crippen LogP contribution >= 0.6 is 0 Å². The second-order valence-corrected chi connectivity index (χ2v) is 7.68. The van der Waals surface area contributed by atoms with E-state index in [2.05, 4.69) is 5.32 Å². The van der Waals surface area contributed by atoms with Gasteiger partial charge in [-0.3, -0.25) is 4.79 Å². The second kappa shape index (κ2) is 6.42. The highest BCUT2D eigenvalue weighted by Crippen LogP contribution is 2.58. The Kier molecular flexibility index (Phi) is 4.31. The number of alkyl carbamates (subject to hydrolysis) is 1. The minimum absolute atomic E-state index is 0.0259. The van der Waals surface area contributed by atoms with Gasteiger partial charge in [0.25, 0.3) is 0 Å². The van der Waals surface area contributed by atoms with Gasteiger partial charge in [-0.25, -0.2) is 4.79 Å². The predicted molar refractivity (Wildman–Crippen MR) is 90.2 cm³/mol. The van der Waals surface area contributed by atoms with Crippen LogP contribution in [0.4, 0.5) is 18.0 Å². The van der Waals surface area contributed by atoms with Gasteiger partial charge in [-0.1, -0.05) is 24.3 Å². The predicted octanol–water partition coefficient (Wildman–Crippen LogP) is 3.09. The number of alkyl halides is 3. The Bertz CT molecular complexity index is 738. The Hall–Kier alpha value is -2.25. The number of nitrogens with zero attached hydrogens (tertiary/aromatic N) is 1. The molecule has 1 aromatic carbocycles. The molecule has 2 aliphatic heterocycles. The molecule has 0 spiro atoms. The lowest BCUT2D eigenvalue weighted by Gasteiger charge is -2.40. The molecular formula is C19H21F3N2O3. The van der Waals surface area contributed by atoms with Crippen LogP contribution in [0.15, 0.2) is 24.3 Å². The smallest absolute Gasteiger partial charge is 0.407 e. The van der Waals surface area contributed by atoms with Gasteiger partial charge in [-0.15, -0.1) is 0 Å². The van der Waals surface area contributed by atoms with Crippen LogP contribution in [0.1, 0.15) is 42.7 Å². The summed E-state index contributed by atoms with van der Waals surface area (Å²) in [4.78, 5) is 24.9. The van der Waals surface area contributed by atoms with E-state index in [0.717, 1.165) is 5.56 Å². The van der Waals surface area contributed by atoms with Crippen LogP contribution < -0.4 is 5.32 Å². The summed E-state index contributed by atoms with van der Waals surface area (Å²) in [5.74, 6) is 0.191. The van der Waals surface area contributed by atoms with E-state index in [9.17, 15) is 22.8 Å². The first-order chi connectivity index (χ1) is 12.8. The van der Waals surface area contributed by atoms with Crippen LogP contribution in [0.2, 0.25) is 0 Å². The van der Waals surface area contributed by atoms with E-state index in [1.54, 1.807) is 29.2 Å². The topological polar surface area (TPSA) is 58.6 Å². The lowest BCUT2D eigenvalue weighted by Crippen LogP contribution is -2.48. The van der Waals surface area contributed by atoms with Crippen LogP contribution in [-0.4, -0.2) is 48.8 Å². The second-order valence-electron chi connectivity index (χ2n) is 7.68. The summed E-state index contributed by atoms with van der Waals surface area (Å²) >= 11 is 0. The third kappa shape index (κ3) is 3.37. The molecule has 2 amide bonds. The van der Waals surface area contributed by atoms with Gasteiger partial charge in [0.2, 0.25) is 5.91 Å². The highest BCUT2D eigenvalue weighted by Gasteiger charge is 2.64. The monoisotopic (exact) mass is 382 g/mol. The highest BCUT2D eigenvalue weighted by molar-refractivity contribution is 5.77. The molecule has 0 unspecified atom stereocenters. The fourth-order valence-electron chi connectivity index (χ4n) is 3.87. The summed E-state index contributed by atoms with van der Waals surface area (Å²) in [5, 5.41) is 2.64. The van der Waals surface area contributed by atoms with Crippen molar-refractivity contribution in [2.45, 2.75) is 49.2 Å². The highest BCUT2D eigenvalue weighted by atomic mass is 19.4. The summed E-state index contributed by atoms with van der Waals surface area (Å²) in [5.41, 5.74) is -0.337. The third-order valence-corrected chi connectivity index (χ3v) is 5.91. The maximum absolute atomic E-state index is 13.2. The number of rotatable bonds is 5. The van der Waals surface area contributed by atoms with E-state index in [1.807, 2.05) is 0 Å². The van der Waals surface area contributed by atoms with Gasteiger partial charge < -0.3 is 15.0 Å². The van der Waals surface area contributed by atoms with Gasteiger partial charge in [-0.2, -0.15) is 13.2 Å². The standard InChI is InChI=1S/C19H21F3N2O3/c20-19(21,22)18(7-8-18)14-3-1-12(2-4-14)13-9-24(10-13)16(25)6-5-15-11-27-17(26)23-15/h1-4,13,15H,5-11H2,(H,23,26)/t15-/m0/s1. The van der Waals surface area contributed by atoms with Crippen molar-refractivity contribution in [1.82, 2.24) is 10.2 Å². The number of cyclic esters (lactones) is 1. The average molecular weight is 382 g/mol. The molecular weight excluding hydrogens is 361 g/mol. The first-order valence-corrected chi connectivity index (χ1v) is 9.17. The molecule has 5 nitrogen and oxygen atoms in total. The number of benzene rings is 1. The molecule has 3 fully saturated rings. The number of carbonyl (C=O) groups is 2. The third-order valence-electron chi connectivity index (χ3n) is 5.91. The zero-order valence-electron chi connectivity index (χ0n) is 14.7. The Labute approximate surface area is 154 Å². The summed E-state index contributed by atoms with van der Waals surface area (Å²) in [7, 11) is 0. The van der Waals surface area contributed by atoms with Crippen LogP contribution in [0.25, 0.3) is 0 Å². The van der Waals surface area contributed by atoms with Crippen LogP contribution in [0, 0.1) is 0 Å². The normalized spacial score (nSPS) is 24.2. The summed E-state index contributed by atoms with van der Waals surface area (Å²) < 4.78 is 44.4. The SMILES string of the molecule is O=C1N[C@@H](CCC(=O)N2CC(c3ccc(C4(C(F)(F)F)CC4)cc3)C2)CO1. The Balaban J connectivity index is 1.27. The van der Waals surface area contributed by atoms with E-state index < -0.39 is 17.7 Å². The molecule has 1 aromatic rings. The van der Waals surface area contributed by atoms with Crippen LogP contribution in [0.3, 0.4) is 0 Å². The molecule has 4 rings (SSSR count). The number of likely N-dealkylation sites (tertiary alicyclic amines) is 1. The maximum atomic E-state index is 13.2. The van der Waals surface area contributed by atoms with Crippen LogP contribution in [0.5, 0.6) is 0 Å². The minimum atomic E-state index is -4.20. The molecule has 146 valence electrons. The van der Waals surface area contributed by atoms with Gasteiger partial charge in [0.1, 0.15) is 6.61 Å². The number of nitrogens with one attached hydrogen (secondary N) is 1. The molecule has 1 aliphatic carbocycles. The van der Waals surface area contributed by atoms with Crippen molar-refractivity contribution in [3.8, 4) is 0 Å². The van der Waals surface area contributed by atoms with Crippen molar-refractivity contribution < 1.29 is 27.5 Å². The zero-order valence-corrected chi connectivity index (χ0v) is 14.7. The van der Waals surface area contributed by atoms with Crippen molar-refractivity contribution >= 4 is 12.0 Å². The van der Waals surface area contributed by atoms with Gasteiger partial charge in [0, 0.05) is 25.4 Å². The first kappa shape index (κ1) is 18.1. The van der Waals surface area contributed by atoms with Crippen molar-refractivity contribution in [3.05, 3.63) is 35.4 Å². The largest absolute Gasteiger partial charge is 0.447 e. The van der Waals surface area contributed by atoms with E-state index >= 15 is 0 Å². The molecule has 27 heavy (non-hydrogen) atoms. The Morgan fingerprint density at radius 3 is 2.41 bits per heavy atom. The van der Waals surface area contributed by atoms with Crippen LogP contribution in [-0.2, 0) is 14.9 Å². The van der Waals surface area contributed by atoms with Crippen molar-refractivity contribution in [1.29, 1.82) is 0 Å². The lowest BCUT2D eigenvalue weighted by atomic mass is 9.88. The zero-order chi connectivity index (χ0) is 19.2. The number of ether oxygens (including phenoxy) is 1. The molecule has 0 aromatic heterocycles. The fourth-order valence-corrected chi connectivity index (χ4v) is 3.87. The van der Waals surface area contributed by atoms with Gasteiger partial charge in [0.05, 0.1) is 11.5 Å². The minimum Gasteiger partial charge on any atom is -0.447 e. The molecule has 2 saturated heterocycles. The summed E-state index contributed by atoms with van der Waals surface area (Å²) in [6.45, 7) is 1.45. The molecule has 0 radical (unpaired) electrons. The molecule has 8 heteroatoms. The lowest BCUT2D eigenvalue weighted by molar-refractivity contribution is -0.160. The number of amides is 2. The fraction of sp³-hybridized carbons (Fsp3) is 0.579. The number of carbonyl (C=O) groups excluding carboxylic acids is 2. The van der Waals surface area contributed by atoms with E-state index in [4.69, 9.17) is 4.74 Å². The van der Waals surface area contributed by atoms with E-state index in [-0.39, 0.29) is 30.7 Å². The molecule has 2 heterocycles. The molecule has 1 N–H and O–H groups in total. The first-order valence-electron chi connectivity index (χ1n) is 9.17. The number of hydrogen-bond donors (Lipinski definition) is 1. The van der Waals surface area contributed by atoms with Gasteiger partial charge in [0.15, 0.2) is 0 Å². The summed E-state index contributed by atoms with van der Waals surface area (Å²) in [6, 6.07) is 6.58. The Morgan fingerprint density at radius 2 is 1.89 bits per heavy atom. The molecule has 0 bridgehead atoms. The maximum Gasteiger partial charge on any atom is 0.407 e. The summed E-state index contributed by atoms with van der Waals surface area (Å²) in [6.07, 6.45) is -3.44. The van der Waals surface area contributed by atoms with Crippen molar-refractivity contribution in [2.75, 3.05) is 19.7 Å². The number of halogens is 3. The van der Waals surface area contributed by atoms with Gasteiger partial charge in [-0.05, 0) is 30.4 Å². The Morgan fingerprint density at radius 1 is 1.22 bits per heavy atom. The van der Waals surface area contributed by atoms with Crippen molar-refractivity contribution in [3.63, 3.8) is 0 Å². The quantitative estimate of drug-likeness (QED) is 0.852. The number of hydrogen-bond acceptors (Lipinski definition) is 3. The molecule has 1 saturated carbocycles. The van der Waals surface area contributed by atoms with E-state index in [1.165, 1.54) is 0 Å². The molecule has 1 atom stereocenters.